The average molecular weight is 666 g/mol. The predicted molar refractivity (Wildman–Crippen MR) is 176 cm³/mol. The number of H-pyrrole nitrogens is 2. The van der Waals surface area contributed by atoms with Gasteiger partial charge in [0.2, 0.25) is 5.91 Å². The van der Waals surface area contributed by atoms with Gasteiger partial charge in [0.05, 0.1) is 37.0 Å². The minimum absolute atomic E-state index is 0.0761. The molecule has 2 aromatic carbocycles. The van der Waals surface area contributed by atoms with Crippen molar-refractivity contribution in [3.8, 4) is 17.0 Å². The first-order valence-corrected chi connectivity index (χ1v) is 15.6. The number of hydrogen-bond donors (Lipinski definition) is 4. The maximum Gasteiger partial charge on any atom is 0.490 e. The lowest BCUT2D eigenvalue weighted by Crippen LogP contribution is -2.30. The van der Waals surface area contributed by atoms with E-state index in [-0.39, 0.29) is 18.4 Å². The Labute approximate surface area is 275 Å². The molecule has 0 unspecified atom stereocenters. The Hall–Kier alpha value is -5.20. The number of aliphatic carboxylic acids is 1. The largest absolute Gasteiger partial charge is 0.497 e. The van der Waals surface area contributed by atoms with E-state index in [1.54, 1.807) is 13.3 Å². The second kappa shape index (κ2) is 16.1. The van der Waals surface area contributed by atoms with Gasteiger partial charge >= 0.3 is 12.1 Å². The maximum atomic E-state index is 13.5. The molecule has 4 N–H and O–H groups in total. The number of imidazole rings is 1. The molecule has 0 aliphatic rings. The van der Waals surface area contributed by atoms with Gasteiger partial charge < -0.3 is 25.1 Å². The Morgan fingerprint density at radius 3 is 2.48 bits per heavy atom. The van der Waals surface area contributed by atoms with E-state index < -0.39 is 12.1 Å². The number of pyridine rings is 1. The van der Waals surface area contributed by atoms with Gasteiger partial charge in [-0.3, -0.25) is 14.6 Å². The number of methoxy groups -OCH3 is 1. The van der Waals surface area contributed by atoms with Gasteiger partial charge in [-0.25, -0.2) is 9.78 Å². The number of benzene rings is 2. The van der Waals surface area contributed by atoms with Crippen molar-refractivity contribution >= 4 is 39.5 Å². The van der Waals surface area contributed by atoms with Crippen LogP contribution in [-0.4, -0.2) is 56.0 Å². The van der Waals surface area contributed by atoms with E-state index in [9.17, 15) is 22.8 Å². The van der Waals surface area contributed by atoms with Gasteiger partial charge in [-0.05, 0) is 49.6 Å². The molecule has 3 aromatic heterocycles. The number of nitrogens with zero attached hydrogens (tertiary/aromatic N) is 2. The summed E-state index contributed by atoms with van der Waals surface area (Å²) >= 11 is 0. The first-order valence-electron chi connectivity index (χ1n) is 15.6. The molecule has 254 valence electrons. The van der Waals surface area contributed by atoms with Crippen molar-refractivity contribution in [2.24, 2.45) is 0 Å². The molecule has 0 radical (unpaired) electrons. The summed E-state index contributed by atoms with van der Waals surface area (Å²) in [5, 5.41) is 12.4. The number of carbonyl (C=O) groups is 3. The highest BCUT2D eigenvalue weighted by atomic mass is 19.4. The fourth-order valence-corrected chi connectivity index (χ4v) is 5.40. The monoisotopic (exact) mass is 665 g/mol. The van der Waals surface area contributed by atoms with Crippen molar-refractivity contribution in [2.45, 2.75) is 71.0 Å². The molecule has 1 atom stereocenters. The minimum atomic E-state index is -5.08. The maximum absolute atomic E-state index is 13.5. The van der Waals surface area contributed by atoms with E-state index in [4.69, 9.17) is 19.6 Å². The number of unbranched alkanes of at least 4 members (excludes halogenated alkanes) is 2. The van der Waals surface area contributed by atoms with Crippen molar-refractivity contribution in [3.63, 3.8) is 0 Å². The zero-order valence-electron chi connectivity index (χ0n) is 26.9. The molecule has 0 saturated heterocycles. The number of rotatable bonds is 13. The van der Waals surface area contributed by atoms with Gasteiger partial charge in [0.15, 0.2) is 0 Å². The van der Waals surface area contributed by atoms with Crippen LogP contribution in [0.3, 0.4) is 0 Å². The Bertz CT molecular complexity index is 1880. The Morgan fingerprint density at radius 1 is 1.02 bits per heavy atom. The Morgan fingerprint density at radius 2 is 1.77 bits per heavy atom. The number of carbonyl (C=O) groups excluding carboxylic acids is 2. The summed E-state index contributed by atoms with van der Waals surface area (Å²) in [7, 11) is 1.64. The number of carboxylic acid groups (broad SMARTS) is 1. The van der Waals surface area contributed by atoms with Crippen molar-refractivity contribution in [2.75, 3.05) is 7.11 Å². The number of para-hydroxylation sites is 1. The fourth-order valence-electron chi connectivity index (χ4n) is 5.40. The van der Waals surface area contributed by atoms with E-state index in [2.05, 4.69) is 20.3 Å². The number of alkyl halides is 3. The first-order chi connectivity index (χ1) is 22.9. The summed E-state index contributed by atoms with van der Waals surface area (Å²) in [6.45, 7) is 3.89. The van der Waals surface area contributed by atoms with Crippen LogP contribution in [-0.2, 0) is 20.8 Å². The summed E-state index contributed by atoms with van der Waals surface area (Å²) in [4.78, 5) is 50.2. The smallest absolute Gasteiger partial charge is 0.490 e. The van der Waals surface area contributed by atoms with Crippen molar-refractivity contribution in [3.05, 3.63) is 78.0 Å². The first kappa shape index (κ1) is 35.7. The lowest BCUT2D eigenvalue weighted by Gasteiger charge is -2.17. The van der Waals surface area contributed by atoms with Crippen LogP contribution in [0.15, 0.2) is 60.9 Å². The molecule has 0 bridgehead atoms. The standard InChI is InChI=1S/C33H37N5O3.C2HF3O2/c1-4-23(39)12-6-5-7-14-29(33-35-20-30(38-33)25-13-8-10-22-11-9-17-34-32(22)25)37-31(40)19-26-21(2)36-28-16-15-24(41-3)18-27(26)28;3-2(4,5)1(6)7/h8-11,13,15-18,20,29,36H,4-7,12,14,19H2,1-3H3,(H,35,38)(H,37,40);(H,6,7)/t29-;/m0./s1. The zero-order valence-corrected chi connectivity index (χ0v) is 26.9. The fraction of sp³-hybridized carbons (Fsp3) is 0.343. The van der Waals surface area contributed by atoms with Crippen LogP contribution in [0.2, 0.25) is 0 Å². The van der Waals surface area contributed by atoms with E-state index >= 15 is 0 Å². The third kappa shape index (κ3) is 9.20. The molecule has 5 rings (SSSR count). The van der Waals surface area contributed by atoms with Crippen LogP contribution in [0.5, 0.6) is 5.75 Å². The summed E-state index contributed by atoms with van der Waals surface area (Å²) in [6.07, 6.45) is 3.30. The minimum Gasteiger partial charge on any atom is -0.497 e. The molecule has 3 heterocycles. The van der Waals surface area contributed by atoms with Gasteiger partial charge in [0.1, 0.15) is 17.4 Å². The molecule has 0 saturated carbocycles. The molecule has 0 aliphatic heterocycles. The average Bonchev–Trinajstić information content (AvgIpc) is 3.67. The molecule has 10 nitrogen and oxygen atoms in total. The van der Waals surface area contributed by atoms with Gasteiger partial charge in [-0.15, -0.1) is 0 Å². The van der Waals surface area contributed by atoms with E-state index in [0.29, 0.717) is 30.9 Å². The topological polar surface area (TPSA) is 150 Å². The number of nitrogens with one attached hydrogen (secondary N) is 3. The van der Waals surface area contributed by atoms with Gasteiger partial charge in [0, 0.05) is 46.6 Å². The number of halogens is 3. The lowest BCUT2D eigenvalue weighted by atomic mass is 10.0. The van der Waals surface area contributed by atoms with Crippen LogP contribution in [0.4, 0.5) is 13.2 Å². The van der Waals surface area contributed by atoms with Crippen LogP contribution in [0.25, 0.3) is 33.1 Å². The van der Waals surface area contributed by atoms with E-state index in [1.807, 2.05) is 68.6 Å². The number of amides is 1. The molecule has 48 heavy (non-hydrogen) atoms. The Balaban J connectivity index is 0.000000671. The quantitative estimate of drug-likeness (QED) is 0.0958. The number of ether oxygens (including phenoxy) is 1. The molecule has 1 amide bonds. The lowest BCUT2D eigenvalue weighted by molar-refractivity contribution is -0.192. The summed E-state index contributed by atoms with van der Waals surface area (Å²) < 4.78 is 37.1. The number of carboxylic acids is 1. The second-order valence-electron chi connectivity index (χ2n) is 11.3. The van der Waals surface area contributed by atoms with Crippen molar-refractivity contribution < 1.29 is 37.4 Å². The van der Waals surface area contributed by atoms with Gasteiger partial charge in [-0.1, -0.05) is 44.0 Å². The number of aromatic amines is 2. The Kier molecular flexibility index (Phi) is 11.9. The third-order valence-electron chi connectivity index (χ3n) is 7.93. The van der Waals surface area contributed by atoms with Crippen molar-refractivity contribution in [1.29, 1.82) is 0 Å². The number of Topliss-reactive ketones (excluding diaryl/α,β-unsaturated/α-hetero) is 1. The van der Waals surface area contributed by atoms with Crippen LogP contribution >= 0.6 is 0 Å². The van der Waals surface area contributed by atoms with Gasteiger partial charge in [-0.2, -0.15) is 13.2 Å². The zero-order chi connectivity index (χ0) is 34.8. The van der Waals surface area contributed by atoms with Crippen LogP contribution in [0, 0.1) is 6.92 Å². The molecule has 13 heteroatoms. The SMILES string of the molecule is CCC(=O)CCCCC[C@H](NC(=O)Cc1c(C)[nH]c2ccc(OC)cc12)c1ncc(-c2cccc3cccnc23)[nH]1.O=C(O)C(F)(F)F. The molecule has 5 aromatic rings. The van der Waals surface area contributed by atoms with Gasteiger partial charge in [0.25, 0.3) is 0 Å². The number of aromatic nitrogens is 4. The second-order valence-corrected chi connectivity index (χ2v) is 11.3. The summed E-state index contributed by atoms with van der Waals surface area (Å²) in [6, 6.07) is 15.6. The molecular weight excluding hydrogens is 627 g/mol. The number of ketones is 1. The normalized spacial score (nSPS) is 12.0. The summed E-state index contributed by atoms with van der Waals surface area (Å²) in [5.74, 6) is -1.08. The van der Waals surface area contributed by atoms with Crippen LogP contribution < -0.4 is 10.1 Å². The number of hydrogen-bond acceptors (Lipinski definition) is 6. The molecular formula is C35H38F3N5O5. The highest BCUT2D eigenvalue weighted by Gasteiger charge is 2.38. The van der Waals surface area contributed by atoms with Crippen LogP contribution in [0.1, 0.15) is 68.6 Å². The molecule has 0 fully saturated rings. The number of fused-ring (bicyclic) bond motifs is 2. The third-order valence-corrected chi connectivity index (χ3v) is 7.93. The van der Waals surface area contributed by atoms with E-state index in [0.717, 1.165) is 69.3 Å². The molecule has 0 spiro atoms. The van der Waals surface area contributed by atoms with Crippen molar-refractivity contribution in [1.82, 2.24) is 25.3 Å². The number of aryl methyl sites for hydroxylation is 1. The highest BCUT2D eigenvalue weighted by Crippen LogP contribution is 2.29. The van der Waals surface area contributed by atoms with E-state index in [1.165, 1.54) is 0 Å². The predicted octanol–water partition coefficient (Wildman–Crippen LogP) is 7.39. The molecule has 0 aliphatic carbocycles. The highest BCUT2D eigenvalue weighted by molar-refractivity contribution is 5.93. The summed E-state index contributed by atoms with van der Waals surface area (Å²) in [5.41, 5.74) is 5.62.